The zero-order chi connectivity index (χ0) is 18.6. The second-order valence-electron chi connectivity index (χ2n) is 8.62. The highest BCUT2D eigenvalue weighted by molar-refractivity contribution is 7.89. The van der Waals surface area contributed by atoms with Crippen molar-refractivity contribution in [2.45, 2.75) is 44.3 Å². The third-order valence-electron chi connectivity index (χ3n) is 6.24. The van der Waals surface area contributed by atoms with E-state index < -0.39 is 10.0 Å². The summed E-state index contributed by atoms with van der Waals surface area (Å²) in [5.41, 5.74) is 3.80. The van der Waals surface area contributed by atoms with Gasteiger partial charge in [-0.25, -0.2) is 8.42 Å². The maximum Gasteiger partial charge on any atom is 0.250 e. The highest BCUT2D eigenvalue weighted by Gasteiger charge is 2.47. The van der Waals surface area contributed by atoms with Crippen molar-refractivity contribution >= 4 is 10.0 Å². The summed E-state index contributed by atoms with van der Waals surface area (Å²) in [6, 6.07) is 11.4. The lowest BCUT2D eigenvalue weighted by Gasteiger charge is -2.23. The van der Waals surface area contributed by atoms with Crippen LogP contribution in [0.15, 0.2) is 36.5 Å². The molecule has 0 radical (unpaired) electrons. The fourth-order valence-corrected chi connectivity index (χ4v) is 4.92. The van der Waals surface area contributed by atoms with Gasteiger partial charge in [0.25, 0.3) is 10.0 Å². The Morgan fingerprint density at radius 2 is 2.00 bits per heavy atom. The molecule has 3 aliphatic rings. The van der Waals surface area contributed by atoms with Gasteiger partial charge >= 0.3 is 0 Å². The number of hydrogen-bond donors (Lipinski definition) is 1. The van der Waals surface area contributed by atoms with E-state index in [0.29, 0.717) is 17.4 Å². The van der Waals surface area contributed by atoms with Gasteiger partial charge in [-0.2, -0.15) is 9.19 Å². The van der Waals surface area contributed by atoms with Gasteiger partial charge in [0.1, 0.15) is 0 Å². The summed E-state index contributed by atoms with van der Waals surface area (Å²) in [6.07, 6.45) is 6.67. The first kappa shape index (κ1) is 17.4. The highest BCUT2D eigenvalue weighted by atomic mass is 32.2. The van der Waals surface area contributed by atoms with E-state index >= 15 is 0 Å². The lowest BCUT2D eigenvalue weighted by Crippen LogP contribution is -2.35. The Kier molecular flexibility index (Phi) is 3.97. The summed E-state index contributed by atoms with van der Waals surface area (Å²) in [5, 5.41) is 8.06. The van der Waals surface area contributed by atoms with Gasteiger partial charge in [-0.05, 0) is 30.2 Å². The first-order valence-corrected chi connectivity index (χ1v) is 11.6. The Morgan fingerprint density at radius 1 is 1.22 bits per heavy atom. The number of benzene rings is 1. The van der Waals surface area contributed by atoms with Crippen LogP contribution in [0.1, 0.15) is 42.0 Å². The Balaban J connectivity index is 1.14. The van der Waals surface area contributed by atoms with E-state index in [1.165, 1.54) is 31.1 Å². The molecule has 0 spiro atoms. The summed E-state index contributed by atoms with van der Waals surface area (Å²) in [5.74, 6) is 0.676. The monoisotopic (exact) mass is 386 g/mol. The molecule has 2 atom stereocenters. The van der Waals surface area contributed by atoms with Crippen molar-refractivity contribution in [2.75, 3.05) is 19.3 Å². The van der Waals surface area contributed by atoms with Crippen molar-refractivity contribution in [2.24, 2.45) is 5.41 Å². The van der Waals surface area contributed by atoms with E-state index in [9.17, 15) is 8.42 Å². The van der Waals surface area contributed by atoms with Crippen molar-refractivity contribution in [1.82, 2.24) is 19.4 Å². The van der Waals surface area contributed by atoms with Crippen LogP contribution in [-0.4, -0.2) is 47.9 Å². The van der Waals surface area contributed by atoms with Crippen LogP contribution in [0, 0.1) is 5.41 Å². The second kappa shape index (κ2) is 6.15. The van der Waals surface area contributed by atoms with Crippen LogP contribution in [-0.2, 0) is 23.1 Å². The molecule has 2 aromatic rings. The summed E-state index contributed by atoms with van der Waals surface area (Å²) in [6.45, 7) is 3.72. The number of hydrogen-bond acceptors (Lipinski definition) is 5. The van der Waals surface area contributed by atoms with E-state index in [1.54, 1.807) is 6.20 Å². The van der Waals surface area contributed by atoms with Crippen LogP contribution in [0.25, 0.3) is 0 Å². The summed E-state index contributed by atoms with van der Waals surface area (Å²) in [4.78, 5) is 2.42. The van der Waals surface area contributed by atoms with Gasteiger partial charge in [0.2, 0.25) is 0 Å². The molecule has 2 fully saturated rings. The number of aromatic nitrogens is 2. The fraction of sp³-hybridized carbons (Fsp3) is 0.550. The minimum absolute atomic E-state index is 0.389. The maximum atomic E-state index is 11.6. The number of rotatable bonds is 7. The van der Waals surface area contributed by atoms with E-state index in [1.807, 2.05) is 0 Å². The molecular weight excluding hydrogens is 360 g/mol. The predicted molar refractivity (Wildman–Crippen MR) is 104 cm³/mol. The molecule has 1 aliphatic heterocycles. The van der Waals surface area contributed by atoms with E-state index in [2.05, 4.69) is 45.6 Å². The highest BCUT2D eigenvalue weighted by Crippen LogP contribution is 2.48. The van der Waals surface area contributed by atoms with Crippen LogP contribution >= 0.6 is 0 Å². The Morgan fingerprint density at radius 3 is 2.67 bits per heavy atom. The van der Waals surface area contributed by atoms with E-state index in [0.717, 1.165) is 41.5 Å². The van der Waals surface area contributed by atoms with Gasteiger partial charge in [-0.3, -0.25) is 4.90 Å². The molecule has 0 bridgehead atoms. The largest absolute Gasteiger partial charge is 0.313 e. The summed E-state index contributed by atoms with van der Waals surface area (Å²) >= 11 is 0. The molecule has 0 amide bonds. The Hall–Kier alpha value is -1.70. The van der Waals surface area contributed by atoms with Crippen LogP contribution in [0.4, 0.5) is 0 Å². The van der Waals surface area contributed by atoms with Crippen LogP contribution in [0.2, 0.25) is 0 Å². The molecule has 7 heteroatoms. The van der Waals surface area contributed by atoms with Crippen molar-refractivity contribution in [1.29, 1.82) is 0 Å². The van der Waals surface area contributed by atoms with Gasteiger partial charge < -0.3 is 5.32 Å². The Bertz CT molecular complexity index is 926. The molecule has 27 heavy (non-hydrogen) atoms. The summed E-state index contributed by atoms with van der Waals surface area (Å²) in [7, 11) is -3.28. The quantitative estimate of drug-likeness (QED) is 0.788. The van der Waals surface area contributed by atoms with Gasteiger partial charge in [0.05, 0.1) is 11.9 Å². The minimum Gasteiger partial charge on any atom is -0.313 e. The smallest absolute Gasteiger partial charge is 0.250 e. The number of nitrogens with one attached hydrogen (secondary N) is 1. The molecule has 0 saturated heterocycles. The lowest BCUT2D eigenvalue weighted by atomic mass is 10.1. The SMILES string of the molecule is CS(=O)(=O)n1cc2c(n1)CN(CC1(CN[C@H]3C[C@@H]3c3ccccc3)CC1)C2. The molecule has 2 aliphatic carbocycles. The normalized spacial score (nSPS) is 26.1. The average Bonchev–Trinajstić information content (AvgIpc) is 3.48. The van der Waals surface area contributed by atoms with E-state index in [4.69, 9.17) is 0 Å². The topological polar surface area (TPSA) is 67.2 Å². The average molecular weight is 387 g/mol. The fourth-order valence-electron chi connectivity index (χ4n) is 4.35. The zero-order valence-electron chi connectivity index (χ0n) is 15.6. The third kappa shape index (κ3) is 3.56. The third-order valence-corrected chi connectivity index (χ3v) is 7.10. The molecule has 6 nitrogen and oxygen atoms in total. The Labute approximate surface area is 160 Å². The first-order valence-electron chi connectivity index (χ1n) is 9.71. The maximum absolute atomic E-state index is 11.6. The van der Waals surface area contributed by atoms with E-state index in [-0.39, 0.29) is 0 Å². The molecule has 144 valence electrons. The van der Waals surface area contributed by atoms with Gasteiger partial charge in [0.15, 0.2) is 0 Å². The lowest BCUT2D eigenvalue weighted by molar-refractivity contribution is 0.216. The van der Waals surface area contributed by atoms with Crippen molar-refractivity contribution in [3.63, 3.8) is 0 Å². The van der Waals surface area contributed by atoms with Crippen LogP contribution in [0.5, 0.6) is 0 Å². The minimum atomic E-state index is -3.28. The number of fused-ring (bicyclic) bond motifs is 1. The summed E-state index contributed by atoms with van der Waals surface area (Å²) < 4.78 is 24.4. The van der Waals surface area contributed by atoms with Crippen molar-refractivity contribution in [3.05, 3.63) is 53.3 Å². The van der Waals surface area contributed by atoms with Gasteiger partial charge in [-0.1, -0.05) is 30.3 Å². The zero-order valence-corrected chi connectivity index (χ0v) is 16.5. The molecule has 1 aromatic carbocycles. The van der Waals surface area contributed by atoms with Gasteiger partial charge in [0, 0.05) is 49.9 Å². The van der Waals surface area contributed by atoms with Crippen LogP contribution < -0.4 is 5.32 Å². The molecule has 1 aromatic heterocycles. The van der Waals surface area contributed by atoms with Gasteiger partial charge in [-0.15, -0.1) is 0 Å². The molecular formula is C20H26N4O2S. The first-order chi connectivity index (χ1) is 12.9. The molecule has 2 heterocycles. The van der Waals surface area contributed by atoms with Crippen molar-refractivity contribution in [3.8, 4) is 0 Å². The second-order valence-corrected chi connectivity index (χ2v) is 10.5. The molecule has 5 rings (SSSR count). The number of nitrogens with zero attached hydrogens (tertiary/aromatic N) is 3. The van der Waals surface area contributed by atoms with Crippen molar-refractivity contribution < 1.29 is 8.42 Å². The van der Waals surface area contributed by atoms with Crippen LogP contribution in [0.3, 0.4) is 0 Å². The molecule has 1 N–H and O–H groups in total. The predicted octanol–water partition coefficient (Wildman–Crippen LogP) is 1.93. The standard InChI is InChI=1S/C20H26N4O2S/c1-27(25,26)24-11-16-10-23(12-19(16)22-24)14-20(7-8-20)13-21-18-9-17(18)15-5-3-2-4-6-15/h2-6,11,17-18,21H,7-10,12-14H2,1H3/t17-,18+/m1/s1. The molecule has 0 unspecified atom stereocenters. The molecule has 2 saturated carbocycles.